The minimum Gasteiger partial charge on any atom is -0.480 e. The lowest BCUT2D eigenvalue weighted by molar-refractivity contribution is -0.139. The van der Waals surface area contributed by atoms with Crippen LogP contribution in [-0.4, -0.2) is 17.6 Å². The zero-order chi connectivity index (χ0) is 12.8. The van der Waals surface area contributed by atoms with Crippen molar-refractivity contribution in [3.05, 3.63) is 35.4 Å². The molecule has 1 rings (SSSR count). The average molecular weight is 235 g/mol. The Balaban J connectivity index is 2.83. The molecule has 3 heteroatoms. The molecule has 3 nitrogen and oxygen atoms in total. The van der Waals surface area contributed by atoms with E-state index in [-0.39, 0.29) is 0 Å². The van der Waals surface area contributed by atoms with E-state index in [1.54, 1.807) is 0 Å². The van der Waals surface area contributed by atoms with Crippen molar-refractivity contribution < 1.29 is 9.90 Å². The summed E-state index contributed by atoms with van der Waals surface area (Å²) < 4.78 is 0. The lowest BCUT2D eigenvalue weighted by Crippen LogP contribution is -2.29. The first-order chi connectivity index (χ1) is 8.06. The van der Waals surface area contributed by atoms with Crippen molar-refractivity contribution in [3.8, 4) is 0 Å². The first kappa shape index (κ1) is 13.7. The predicted octanol–water partition coefficient (Wildman–Crippen LogP) is 2.94. The molecule has 0 fully saturated rings. The van der Waals surface area contributed by atoms with E-state index in [2.05, 4.69) is 19.2 Å². The summed E-state index contributed by atoms with van der Waals surface area (Å²) in [5.41, 5.74) is 2.05. The molecule has 0 radical (unpaired) electrons. The number of hydrogen-bond donors (Lipinski definition) is 2. The Morgan fingerprint density at radius 2 is 1.76 bits per heavy atom. The highest BCUT2D eigenvalue weighted by Gasteiger charge is 2.18. The van der Waals surface area contributed by atoms with Crippen LogP contribution in [0.2, 0.25) is 0 Å². The summed E-state index contributed by atoms with van der Waals surface area (Å²) in [5.74, 6) is -0.355. The molecule has 0 heterocycles. The Hall–Kier alpha value is -1.35. The van der Waals surface area contributed by atoms with E-state index in [0.29, 0.717) is 12.5 Å². The number of aliphatic carboxylic acids is 1. The maximum Gasteiger partial charge on any atom is 0.325 e. The zero-order valence-electron chi connectivity index (χ0n) is 10.7. The normalized spacial score (nSPS) is 12.7. The van der Waals surface area contributed by atoms with Crippen LogP contribution in [0.5, 0.6) is 0 Å². The van der Waals surface area contributed by atoms with Gasteiger partial charge in [0.2, 0.25) is 0 Å². The second-order valence-corrected chi connectivity index (χ2v) is 4.55. The lowest BCUT2D eigenvalue weighted by atomic mass is 9.99. The summed E-state index contributed by atoms with van der Waals surface area (Å²) in [4.78, 5) is 11.2. The van der Waals surface area contributed by atoms with Gasteiger partial charge in [0.1, 0.15) is 6.04 Å². The average Bonchev–Trinajstić information content (AvgIpc) is 2.29. The van der Waals surface area contributed by atoms with Crippen LogP contribution in [-0.2, 0) is 4.79 Å². The van der Waals surface area contributed by atoms with E-state index in [0.717, 1.165) is 12.0 Å². The molecule has 2 N–H and O–H groups in total. The summed E-state index contributed by atoms with van der Waals surface area (Å²) >= 11 is 0. The van der Waals surface area contributed by atoms with Gasteiger partial charge in [0.05, 0.1) is 0 Å². The fraction of sp³-hybridized carbons (Fsp3) is 0.500. The summed E-state index contributed by atoms with van der Waals surface area (Å²) in [6, 6.07) is 7.21. The van der Waals surface area contributed by atoms with E-state index < -0.39 is 12.0 Å². The Morgan fingerprint density at radius 3 is 2.18 bits per heavy atom. The third-order valence-corrected chi connectivity index (χ3v) is 2.78. The Morgan fingerprint density at radius 1 is 1.24 bits per heavy atom. The minimum atomic E-state index is -0.823. The fourth-order valence-corrected chi connectivity index (χ4v) is 1.71. The van der Waals surface area contributed by atoms with Crippen molar-refractivity contribution in [2.45, 2.75) is 39.2 Å². The molecule has 1 aromatic carbocycles. The summed E-state index contributed by atoms with van der Waals surface area (Å²) in [6.45, 7) is 6.98. The van der Waals surface area contributed by atoms with Gasteiger partial charge in [-0.3, -0.25) is 4.79 Å². The van der Waals surface area contributed by atoms with Gasteiger partial charge < -0.3 is 10.4 Å². The lowest BCUT2D eigenvalue weighted by Gasteiger charge is -2.15. The van der Waals surface area contributed by atoms with Crippen LogP contribution >= 0.6 is 0 Å². The van der Waals surface area contributed by atoms with Gasteiger partial charge in [-0.2, -0.15) is 0 Å². The van der Waals surface area contributed by atoms with Gasteiger partial charge in [-0.15, -0.1) is 0 Å². The molecular weight excluding hydrogens is 214 g/mol. The number of rotatable bonds is 6. The van der Waals surface area contributed by atoms with Crippen LogP contribution in [0, 0.1) is 0 Å². The predicted molar refractivity (Wildman–Crippen MR) is 69.2 cm³/mol. The Bertz CT molecular complexity index is 357. The molecule has 0 amide bonds. The van der Waals surface area contributed by atoms with E-state index in [9.17, 15) is 4.79 Å². The minimum absolute atomic E-state index is 0.468. The molecule has 0 saturated carbocycles. The van der Waals surface area contributed by atoms with E-state index >= 15 is 0 Å². The molecule has 1 atom stereocenters. The topological polar surface area (TPSA) is 49.3 Å². The summed E-state index contributed by atoms with van der Waals surface area (Å²) in [5, 5.41) is 12.2. The molecule has 0 aromatic heterocycles. The van der Waals surface area contributed by atoms with Crippen LogP contribution in [0.15, 0.2) is 24.3 Å². The summed E-state index contributed by atoms with van der Waals surface area (Å²) in [7, 11) is 0. The first-order valence-corrected chi connectivity index (χ1v) is 6.12. The standard InChI is InChI=1S/C14H21NO2/c1-4-9-15-13(14(16)17)12-7-5-11(6-8-12)10(2)3/h5-8,10,13,15H,4,9H2,1-3H3,(H,16,17). The van der Waals surface area contributed by atoms with Gasteiger partial charge in [0, 0.05) is 0 Å². The maximum absolute atomic E-state index is 11.2. The third kappa shape index (κ3) is 3.86. The molecule has 17 heavy (non-hydrogen) atoms. The molecule has 0 aliphatic rings. The molecule has 0 aliphatic carbocycles. The Labute approximate surface area is 103 Å². The number of carboxylic acids is 1. The number of nitrogens with one attached hydrogen (secondary N) is 1. The highest BCUT2D eigenvalue weighted by molar-refractivity contribution is 5.75. The number of carbonyl (C=O) groups is 1. The third-order valence-electron chi connectivity index (χ3n) is 2.78. The highest BCUT2D eigenvalue weighted by Crippen LogP contribution is 2.19. The van der Waals surface area contributed by atoms with Crippen LogP contribution in [0.25, 0.3) is 0 Å². The van der Waals surface area contributed by atoms with Gasteiger partial charge >= 0.3 is 5.97 Å². The monoisotopic (exact) mass is 235 g/mol. The van der Waals surface area contributed by atoms with Gasteiger partial charge in [-0.1, -0.05) is 45.0 Å². The second-order valence-electron chi connectivity index (χ2n) is 4.55. The number of carboxylic acid groups (broad SMARTS) is 1. The largest absolute Gasteiger partial charge is 0.480 e. The highest BCUT2D eigenvalue weighted by atomic mass is 16.4. The molecule has 1 unspecified atom stereocenters. The molecule has 0 spiro atoms. The van der Waals surface area contributed by atoms with Crippen LogP contribution < -0.4 is 5.32 Å². The van der Waals surface area contributed by atoms with Crippen molar-refractivity contribution in [1.29, 1.82) is 0 Å². The maximum atomic E-state index is 11.2. The van der Waals surface area contributed by atoms with Gasteiger partial charge in [-0.25, -0.2) is 0 Å². The quantitative estimate of drug-likeness (QED) is 0.797. The summed E-state index contributed by atoms with van der Waals surface area (Å²) in [6.07, 6.45) is 0.924. The zero-order valence-corrected chi connectivity index (χ0v) is 10.7. The molecular formula is C14H21NO2. The SMILES string of the molecule is CCCNC(C(=O)O)c1ccc(C(C)C)cc1. The molecule has 94 valence electrons. The van der Waals surface area contributed by atoms with Crippen molar-refractivity contribution in [3.63, 3.8) is 0 Å². The van der Waals surface area contributed by atoms with E-state index in [1.165, 1.54) is 5.56 Å². The van der Waals surface area contributed by atoms with Gasteiger partial charge in [0.15, 0.2) is 0 Å². The van der Waals surface area contributed by atoms with Gasteiger partial charge in [0.25, 0.3) is 0 Å². The second kappa shape index (κ2) is 6.40. The van der Waals surface area contributed by atoms with Crippen molar-refractivity contribution >= 4 is 5.97 Å². The van der Waals surface area contributed by atoms with Crippen LogP contribution in [0.4, 0.5) is 0 Å². The Kier molecular flexibility index (Phi) is 5.16. The van der Waals surface area contributed by atoms with E-state index in [1.807, 2.05) is 31.2 Å². The first-order valence-electron chi connectivity index (χ1n) is 6.12. The van der Waals surface area contributed by atoms with E-state index in [4.69, 9.17) is 5.11 Å². The van der Waals surface area contributed by atoms with Crippen molar-refractivity contribution in [1.82, 2.24) is 5.32 Å². The molecule has 0 saturated heterocycles. The smallest absolute Gasteiger partial charge is 0.325 e. The molecule has 0 bridgehead atoms. The number of hydrogen-bond acceptors (Lipinski definition) is 2. The number of benzene rings is 1. The van der Waals surface area contributed by atoms with Crippen molar-refractivity contribution in [2.24, 2.45) is 0 Å². The molecule has 1 aromatic rings. The van der Waals surface area contributed by atoms with Crippen LogP contribution in [0.3, 0.4) is 0 Å². The van der Waals surface area contributed by atoms with Crippen LogP contribution in [0.1, 0.15) is 50.3 Å². The van der Waals surface area contributed by atoms with Crippen molar-refractivity contribution in [2.75, 3.05) is 6.54 Å². The fourth-order valence-electron chi connectivity index (χ4n) is 1.71. The molecule has 0 aliphatic heterocycles. The van der Waals surface area contributed by atoms with Gasteiger partial charge in [-0.05, 0) is 30.0 Å².